The van der Waals surface area contributed by atoms with Crippen LogP contribution >= 0.6 is 12.2 Å². The van der Waals surface area contributed by atoms with E-state index in [9.17, 15) is 43.9 Å². The second-order valence-electron chi connectivity index (χ2n) is 5.92. The van der Waals surface area contributed by atoms with Gasteiger partial charge in [-0.1, -0.05) is 0 Å². The highest BCUT2D eigenvalue weighted by Gasteiger charge is 2.37. The Kier molecular flexibility index (Phi) is 6.54. The summed E-state index contributed by atoms with van der Waals surface area (Å²) in [6, 6.07) is 2.66. The summed E-state index contributed by atoms with van der Waals surface area (Å²) in [5, 5.41) is 3.64. The van der Waals surface area contributed by atoms with Crippen molar-refractivity contribution in [1.82, 2.24) is 0 Å². The highest BCUT2D eigenvalue weighted by Crippen LogP contribution is 2.37. The maximum atomic E-state index is 12.9. The van der Waals surface area contributed by atoms with E-state index in [1.54, 1.807) is 0 Å². The lowest BCUT2D eigenvalue weighted by molar-refractivity contribution is -0.143. The summed E-state index contributed by atoms with van der Waals surface area (Å²) in [5.41, 5.74) is -5.87. The number of thiocarbonyl (C=S) groups is 1. The molecule has 0 unspecified atom stereocenters. The molecular weight excluding hydrogens is 454 g/mol. The number of anilines is 2. The van der Waals surface area contributed by atoms with Crippen LogP contribution in [-0.2, 0) is 25.2 Å². The van der Waals surface area contributed by atoms with Crippen LogP contribution in [0.1, 0.15) is 22.3 Å². The molecular formula is C17H10F10N2S. The van der Waals surface area contributed by atoms with Gasteiger partial charge in [0.05, 0.1) is 16.7 Å². The normalized spacial score (nSPS) is 12.6. The van der Waals surface area contributed by atoms with Crippen LogP contribution in [-0.4, -0.2) is 5.11 Å². The molecule has 0 radical (unpaired) electrons. The van der Waals surface area contributed by atoms with Gasteiger partial charge in [0.2, 0.25) is 0 Å². The smallest absolute Gasteiger partial charge is 0.332 e. The van der Waals surface area contributed by atoms with E-state index in [0.717, 1.165) is 6.07 Å². The second-order valence-corrected chi connectivity index (χ2v) is 6.33. The van der Waals surface area contributed by atoms with Gasteiger partial charge < -0.3 is 10.6 Å². The Bertz CT molecular complexity index is 899. The summed E-state index contributed by atoms with van der Waals surface area (Å²) in [5.74, 6) is 0. The van der Waals surface area contributed by atoms with Crippen LogP contribution in [0.25, 0.3) is 0 Å². The second kappa shape index (κ2) is 8.28. The molecule has 13 heteroatoms. The third-order valence-electron chi connectivity index (χ3n) is 3.58. The fourth-order valence-electron chi connectivity index (χ4n) is 2.33. The first-order chi connectivity index (χ1) is 13.6. The van der Waals surface area contributed by atoms with Gasteiger partial charge in [-0.05, 0) is 54.2 Å². The molecule has 0 aliphatic heterocycles. The fourth-order valence-corrected chi connectivity index (χ4v) is 2.56. The van der Waals surface area contributed by atoms with E-state index in [2.05, 4.69) is 10.6 Å². The Hall–Kier alpha value is -2.57. The van der Waals surface area contributed by atoms with Gasteiger partial charge in [0, 0.05) is 11.4 Å². The molecule has 0 aliphatic carbocycles. The summed E-state index contributed by atoms with van der Waals surface area (Å²) in [4.78, 5) is 0. The number of nitrogens with one attached hydrogen (secondary N) is 2. The Labute approximate surface area is 167 Å². The zero-order chi connectivity index (χ0) is 22.9. The highest BCUT2D eigenvalue weighted by molar-refractivity contribution is 7.80. The molecule has 164 valence electrons. The van der Waals surface area contributed by atoms with Crippen molar-refractivity contribution in [3.63, 3.8) is 0 Å². The Morgan fingerprint density at radius 1 is 0.633 bits per heavy atom. The molecule has 0 atom stereocenters. The van der Waals surface area contributed by atoms with Crippen LogP contribution < -0.4 is 10.6 Å². The van der Waals surface area contributed by atoms with Gasteiger partial charge in [0.1, 0.15) is 6.67 Å². The summed E-state index contributed by atoms with van der Waals surface area (Å²) >= 11 is 4.75. The van der Waals surface area contributed by atoms with E-state index in [-0.39, 0.29) is 17.3 Å². The van der Waals surface area contributed by atoms with E-state index in [0.29, 0.717) is 24.3 Å². The Balaban J connectivity index is 2.32. The molecule has 0 bridgehead atoms. The van der Waals surface area contributed by atoms with Gasteiger partial charge in [0.15, 0.2) is 5.11 Å². The third-order valence-corrected chi connectivity index (χ3v) is 3.78. The Morgan fingerprint density at radius 2 is 1.00 bits per heavy atom. The van der Waals surface area contributed by atoms with Crippen LogP contribution in [0.2, 0.25) is 0 Å². The molecule has 2 rings (SSSR count). The number of alkyl halides is 10. The quantitative estimate of drug-likeness (QED) is 0.377. The minimum atomic E-state index is -5.09. The van der Waals surface area contributed by atoms with Gasteiger partial charge in [0.25, 0.3) is 0 Å². The molecule has 0 amide bonds. The SMILES string of the molecule is FCc1cc(NC(=S)Nc2cc(C(F)(F)F)cc(C(F)(F)F)c2)cc(C(F)(F)F)c1. The van der Waals surface area contributed by atoms with Crippen LogP contribution in [0.4, 0.5) is 55.3 Å². The molecule has 0 aromatic heterocycles. The summed E-state index contributed by atoms with van der Waals surface area (Å²) < 4.78 is 129. The first-order valence-electron chi connectivity index (χ1n) is 7.74. The van der Waals surface area contributed by atoms with Gasteiger partial charge >= 0.3 is 18.5 Å². The predicted octanol–water partition coefficient (Wildman–Crippen LogP) is 7.02. The molecule has 0 fully saturated rings. The van der Waals surface area contributed by atoms with Crippen molar-refractivity contribution in [2.75, 3.05) is 10.6 Å². The molecule has 0 heterocycles. The molecule has 0 saturated carbocycles. The number of halogens is 10. The molecule has 2 aromatic carbocycles. The van der Waals surface area contributed by atoms with Crippen LogP contribution in [0.15, 0.2) is 36.4 Å². The molecule has 0 aliphatic rings. The highest BCUT2D eigenvalue weighted by atomic mass is 32.1. The van der Waals surface area contributed by atoms with Crippen molar-refractivity contribution in [2.24, 2.45) is 0 Å². The standard InChI is InChI=1S/C17H10F10N2S/c18-7-8-1-9(15(19,20)21)4-12(2-8)28-14(30)29-13-5-10(16(22,23)24)3-11(6-13)17(25,26)27/h1-6H,7H2,(H2,28,29,30). The van der Waals surface area contributed by atoms with Gasteiger partial charge in [-0.25, -0.2) is 4.39 Å². The topological polar surface area (TPSA) is 24.1 Å². The summed E-state index contributed by atoms with van der Waals surface area (Å²) in [6.45, 7) is -1.25. The maximum Gasteiger partial charge on any atom is 0.416 e. The fraction of sp³-hybridized carbons (Fsp3) is 0.235. The lowest BCUT2D eigenvalue weighted by Gasteiger charge is -2.17. The molecule has 0 spiro atoms. The van der Waals surface area contributed by atoms with E-state index < -0.39 is 52.7 Å². The van der Waals surface area contributed by atoms with E-state index in [4.69, 9.17) is 12.2 Å². The van der Waals surface area contributed by atoms with Crippen molar-refractivity contribution >= 4 is 28.7 Å². The summed E-state index contributed by atoms with van der Waals surface area (Å²) in [6.07, 6.45) is -15.0. The molecule has 2 nitrogen and oxygen atoms in total. The predicted molar refractivity (Wildman–Crippen MR) is 92.5 cm³/mol. The Morgan fingerprint density at radius 3 is 1.37 bits per heavy atom. The third kappa shape index (κ3) is 6.21. The van der Waals surface area contributed by atoms with E-state index >= 15 is 0 Å². The molecule has 2 aromatic rings. The van der Waals surface area contributed by atoms with Crippen molar-refractivity contribution in [3.8, 4) is 0 Å². The van der Waals surface area contributed by atoms with Crippen LogP contribution in [0, 0.1) is 0 Å². The average molecular weight is 464 g/mol. The van der Waals surface area contributed by atoms with Crippen molar-refractivity contribution < 1.29 is 43.9 Å². The first-order valence-corrected chi connectivity index (χ1v) is 8.15. The average Bonchev–Trinajstić information content (AvgIpc) is 2.58. The number of hydrogen-bond acceptors (Lipinski definition) is 1. The van der Waals surface area contributed by atoms with Crippen LogP contribution in [0.5, 0.6) is 0 Å². The van der Waals surface area contributed by atoms with Crippen LogP contribution in [0.3, 0.4) is 0 Å². The lowest BCUT2D eigenvalue weighted by atomic mass is 10.1. The molecule has 2 N–H and O–H groups in total. The monoisotopic (exact) mass is 464 g/mol. The minimum Gasteiger partial charge on any atom is -0.332 e. The number of benzene rings is 2. The zero-order valence-electron chi connectivity index (χ0n) is 14.4. The largest absolute Gasteiger partial charge is 0.416 e. The van der Waals surface area contributed by atoms with Crippen molar-refractivity contribution in [2.45, 2.75) is 25.2 Å². The summed E-state index contributed by atoms with van der Waals surface area (Å²) in [7, 11) is 0. The zero-order valence-corrected chi connectivity index (χ0v) is 15.2. The molecule has 30 heavy (non-hydrogen) atoms. The first kappa shape index (κ1) is 23.7. The van der Waals surface area contributed by atoms with E-state index in [1.807, 2.05) is 0 Å². The van der Waals surface area contributed by atoms with Gasteiger partial charge in [-0.3, -0.25) is 0 Å². The van der Waals surface area contributed by atoms with Crippen molar-refractivity contribution in [1.29, 1.82) is 0 Å². The maximum absolute atomic E-state index is 12.9. The van der Waals surface area contributed by atoms with Crippen molar-refractivity contribution in [3.05, 3.63) is 58.7 Å². The number of rotatable bonds is 3. The van der Waals surface area contributed by atoms with Gasteiger partial charge in [-0.2, -0.15) is 39.5 Å². The van der Waals surface area contributed by atoms with Gasteiger partial charge in [-0.15, -0.1) is 0 Å². The number of hydrogen-bond donors (Lipinski definition) is 2. The molecule has 0 saturated heterocycles. The lowest BCUT2D eigenvalue weighted by Crippen LogP contribution is -2.21. The minimum absolute atomic E-state index is 0.0953. The van der Waals surface area contributed by atoms with E-state index in [1.165, 1.54) is 0 Å².